The molecule has 2 N–H and O–H groups in total. The van der Waals surface area contributed by atoms with Crippen molar-refractivity contribution in [2.75, 3.05) is 5.32 Å². The highest BCUT2D eigenvalue weighted by Crippen LogP contribution is 2.43. The number of halogens is 3. The fourth-order valence-corrected chi connectivity index (χ4v) is 2.87. The van der Waals surface area contributed by atoms with Crippen LogP contribution in [0.5, 0.6) is 0 Å². The Morgan fingerprint density at radius 3 is 2.64 bits per heavy atom. The van der Waals surface area contributed by atoms with Crippen LogP contribution in [-0.2, 0) is 6.18 Å². The van der Waals surface area contributed by atoms with E-state index in [9.17, 15) is 18.0 Å². The van der Waals surface area contributed by atoms with Gasteiger partial charge in [0, 0.05) is 5.69 Å². The van der Waals surface area contributed by atoms with Crippen molar-refractivity contribution in [1.82, 2.24) is 4.37 Å². The van der Waals surface area contributed by atoms with Crippen molar-refractivity contribution in [3.05, 3.63) is 45.2 Å². The van der Waals surface area contributed by atoms with E-state index in [1.807, 2.05) is 0 Å². The summed E-state index contributed by atoms with van der Waals surface area (Å²) in [7, 11) is 0. The summed E-state index contributed by atoms with van der Waals surface area (Å²) in [6.07, 6.45) is -2.69. The highest BCUT2D eigenvalue weighted by Gasteiger charge is 2.33. The van der Waals surface area contributed by atoms with Gasteiger partial charge in [-0.05, 0) is 54.1 Å². The highest BCUT2D eigenvalue weighted by molar-refractivity contribution is 7.10. The summed E-state index contributed by atoms with van der Waals surface area (Å²) >= 11 is 0.886. The second-order valence-electron chi connectivity index (χ2n) is 5.09. The monoisotopic (exact) mass is 325 g/mol. The lowest BCUT2D eigenvalue weighted by Crippen LogP contribution is -2.07. The molecule has 3 rings (SSSR count). The van der Waals surface area contributed by atoms with E-state index in [0.29, 0.717) is 5.56 Å². The second-order valence-corrected chi connectivity index (χ2v) is 5.91. The topological polar surface area (TPSA) is 68.7 Å². The van der Waals surface area contributed by atoms with E-state index in [4.69, 9.17) is 5.26 Å². The number of hydrogen-bond acceptors (Lipinski definition) is 4. The van der Waals surface area contributed by atoms with Crippen LogP contribution in [0, 0.1) is 11.3 Å². The molecule has 1 aliphatic rings. The molecule has 1 aliphatic carbocycles. The van der Waals surface area contributed by atoms with Crippen molar-refractivity contribution in [2.24, 2.45) is 0 Å². The summed E-state index contributed by atoms with van der Waals surface area (Å²) in [4.78, 5) is 11.4. The summed E-state index contributed by atoms with van der Waals surface area (Å²) in [5.74, 6) is 0.156. The number of hydrogen-bond donors (Lipinski definition) is 2. The van der Waals surface area contributed by atoms with E-state index < -0.39 is 17.3 Å². The molecule has 8 heteroatoms. The maximum Gasteiger partial charge on any atom is 0.416 e. The zero-order valence-corrected chi connectivity index (χ0v) is 11.9. The van der Waals surface area contributed by atoms with E-state index in [-0.39, 0.29) is 22.2 Å². The molecule has 0 unspecified atom stereocenters. The molecule has 1 heterocycles. The third kappa shape index (κ3) is 2.85. The molecule has 0 spiro atoms. The molecular weight excluding hydrogens is 315 g/mol. The molecule has 2 aromatic rings. The predicted molar refractivity (Wildman–Crippen MR) is 76.4 cm³/mol. The van der Waals surface area contributed by atoms with E-state index in [1.165, 1.54) is 0 Å². The van der Waals surface area contributed by atoms with Gasteiger partial charge in [-0.3, -0.25) is 9.17 Å². The molecular formula is C14H10F3N3OS. The molecule has 1 aromatic heterocycles. The van der Waals surface area contributed by atoms with Gasteiger partial charge in [0.1, 0.15) is 11.1 Å². The van der Waals surface area contributed by atoms with Gasteiger partial charge in [-0.15, -0.1) is 0 Å². The third-order valence-electron chi connectivity index (χ3n) is 3.40. The molecule has 22 heavy (non-hydrogen) atoms. The SMILES string of the molecule is N#Cc1c(Nc2cc(C3CC3)cc(C(F)(F)F)c2)s[nH]c1=O. The summed E-state index contributed by atoms with van der Waals surface area (Å²) in [6, 6.07) is 5.52. The van der Waals surface area contributed by atoms with Crippen LogP contribution < -0.4 is 10.9 Å². The summed E-state index contributed by atoms with van der Waals surface area (Å²) in [5, 5.41) is 11.9. The van der Waals surface area contributed by atoms with Crippen molar-refractivity contribution in [3.63, 3.8) is 0 Å². The number of benzene rings is 1. The molecule has 4 nitrogen and oxygen atoms in total. The van der Waals surface area contributed by atoms with Gasteiger partial charge >= 0.3 is 6.18 Å². The Kier molecular flexibility index (Phi) is 3.45. The largest absolute Gasteiger partial charge is 0.416 e. The lowest BCUT2D eigenvalue weighted by atomic mass is 10.1. The smallest absolute Gasteiger partial charge is 0.345 e. The van der Waals surface area contributed by atoms with E-state index in [1.54, 1.807) is 12.1 Å². The van der Waals surface area contributed by atoms with Crippen molar-refractivity contribution >= 4 is 22.2 Å². The summed E-state index contributed by atoms with van der Waals surface area (Å²) < 4.78 is 41.3. The van der Waals surface area contributed by atoms with Gasteiger partial charge < -0.3 is 5.32 Å². The molecule has 114 valence electrons. The van der Waals surface area contributed by atoms with Gasteiger partial charge in [-0.25, -0.2) is 0 Å². The highest BCUT2D eigenvalue weighted by atomic mass is 32.1. The number of aromatic nitrogens is 1. The zero-order chi connectivity index (χ0) is 15.9. The average Bonchev–Trinajstić information content (AvgIpc) is 3.23. The Balaban J connectivity index is 2.01. The Morgan fingerprint density at radius 2 is 2.05 bits per heavy atom. The number of nitriles is 1. The fraction of sp³-hybridized carbons (Fsp3) is 0.286. The fourth-order valence-electron chi connectivity index (χ4n) is 2.16. The van der Waals surface area contributed by atoms with Crippen LogP contribution in [-0.4, -0.2) is 4.37 Å². The van der Waals surface area contributed by atoms with Crippen molar-refractivity contribution < 1.29 is 13.2 Å². The normalized spacial score (nSPS) is 14.6. The first-order valence-electron chi connectivity index (χ1n) is 6.49. The van der Waals surface area contributed by atoms with E-state index in [0.717, 1.165) is 36.5 Å². The van der Waals surface area contributed by atoms with Crippen LogP contribution in [0.15, 0.2) is 23.0 Å². The molecule has 0 saturated heterocycles. The lowest BCUT2D eigenvalue weighted by Gasteiger charge is -2.12. The number of rotatable bonds is 3. The molecule has 0 atom stereocenters. The van der Waals surface area contributed by atoms with Crippen molar-refractivity contribution in [1.29, 1.82) is 5.26 Å². The van der Waals surface area contributed by atoms with E-state index >= 15 is 0 Å². The van der Waals surface area contributed by atoms with Gasteiger partial charge in [0.25, 0.3) is 5.56 Å². The summed E-state index contributed by atoms with van der Waals surface area (Å²) in [6.45, 7) is 0. The average molecular weight is 325 g/mol. The van der Waals surface area contributed by atoms with Crippen LogP contribution in [0.4, 0.5) is 23.9 Å². The number of nitrogens with one attached hydrogen (secondary N) is 2. The number of alkyl halides is 3. The van der Waals surface area contributed by atoms with E-state index in [2.05, 4.69) is 9.69 Å². The zero-order valence-electron chi connectivity index (χ0n) is 11.1. The van der Waals surface area contributed by atoms with Gasteiger partial charge in [-0.2, -0.15) is 18.4 Å². The Labute approximate surface area is 127 Å². The minimum atomic E-state index is -4.44. The second kappa shape index (κ2) is 5.18. The minimum absolute atomic E-state index is 0.129. The Hall–Kier alpha value is -2.27. The number of aromatic amines is 1. The van der Waals surface area contributed by atoms with Gasteiger partial charge in [0.2, 0.25) is 0 Å². The Bertz CT molecular complexity index is 812. The van der Waals surface area contributed by atoms with Crippen LogP contribution >= 0.6 is 11.5 Å². The summed E-state index contributed by atoms with van der Waals surface area (Å²) in [5.41, 5.74) is -0.567. The maximum absolute atomic E-state index is 13.0. The molecule has 0 radical (unpaired) electrons. The Morgan fingerprint density at radius 1 is 1.32 bits per heavy atom. The number of anilines is 2. The molecule has 0 bridgehead atoms. The number of nitrogens with zero attached hydrogens (tertiary/aromatic N) is 1. The molecule has 1 fully saturated rings. The third-order valence-corrected chi connectivity index (χ3v) is 4.20. The first-order valence-corrected chi connectivity index (χ1v) is 7.31. The van der Waals surface area contributed by atoms with Crippen LogP contribution in [0.1, 0.15) is 35.4 Å². The van der Waals surface area contributed by atoms with Crippen LogP contribution in [0.3, 0.4) is 0 Å². The molecule has 0 amide bonds. The predicted octanol–water partition coefficient (Wildman–Crippen LogP) is 3.95. The van der Waals surface area contributed by atoms with Crippen LogP contribution in [0.25, 0.3) is 0 Å². The first-order chi connectivity index (χ1) is 10.4. The van der Waals surface area contributed by atoms with Gasteiger partial charge in [-0.1, -0.05) is 0 Å². The quantitative estimate of drug-likeness (QED) is 0.898. The van der Waals surface area contributed by atoms with Crippen LogP contribution in [0.2, 0.25) is 0 Å². The lowest BCUT2D eigenvalue weighted by molar-refractivity contribution is -0.137. The van der Waals surface area contributed by atoms with Gasteiger partial charge in [0.15, 0.2) is 5.56 Å². The minimum Gasteiger partial charge on any atom is -0.345 e. The first kappa shape index (κ1) is 14.7. The van der Waals surface area contributed by atoms with Crippen molar-refractivity contribution in [2.45, 2.75) is 24.9 Å². The molecule has 0 aliphatic heterocycles. The van der Waals surface area contributed by atoms with Gasteiger partial charge in [0.05, 0.1) is 5.56 Å². The standard InChI is InChI=1S/C14H10F3N3OS/c15-14(16,17)9-3-8(7-1-2-7)4-10(5-9)19-13-11(6-18)12(21)20-22-13/h3-5,7,19H,1-2H2,(H,20,21). The maximum atomic E-state index is 13.0. The molecule has 1 saturated carbocycles. The number of H-pyrrole nitrogens is 1. The molecule has 1 aromatic carbocycles. The van der Waals surface area contributed by atoms with Crippen molar-refractivity contribution in [3.8, 4) is 6.07 Å².